The fraction of sp³-hybridized carbons (Fsp3) is 0.143. The van der Waals surface area contributed by atoms with E-state index in [2.05, 4.69) is 9.98 Å². The van der Waals surface area contributed by atoms with Gasteiger partial charge in [0.05, 0.1) is 9.92 Å². The molecule has 0 spiro atoms. The van der Waals surface area contributed by atoms with Gasteiger partial charge in [-0.1, -0.05) is 17.7 Å². The van der Waals surface area contributed by atoms with E-state index in [0.717, 1.165) is 6.07 Å². The molecule has 2 rings (SSSR count). The third kappa shape index (κ3) is 4.61. The number of nitrogens with two attached hydrogens (primary N) is 2. The first kappa shape index (κ1) is 20.4. The summed E-state index contributed by atoms with van der Waals surface area (Å²) in [5, 5.41) is 18.6. The Morgan fingerprint density at radius 1 is 1.15 bits per heavy atom. The second kappa shape index (κ2) is 7.73. The summed E-state index contributed by atoms with van der Waals surface area (Å²) in [6.45, 7) is -2.05. The van der Waals surface area contributed by atoms with Crippen molar-refractivity contribution >= 4 is 56.1 Å². The quantitative estimate of drug-likeness (QED) is 0.354. The summed E-state index contributed by atoms with van der Waals surface area (Å²) in [6, 6.07) is 3.67. The number of carboxylic acids is 2. The van der Waals surface area contributed by atoms with Crippen LogP contribution in [0.1, 0.15) is 0 Å². The number of benzene rings is 1. The molecule has 144 valence electrons. The Kier molecular flexibility index (Phi) is 5.83. The molecule has 0 aliphatic carbocycles. The molecule has 0 bridgehead atoms. The lowest BCUT2D eigenvalue weighted by atomic mass is 10.1. The fourth-order valence-electron chi connectivity index (χ4n) is 2.22. The number of nitrogens with zero attached hydrogens (tertiary/aromatic N) is 3. The molecule has 0 saturated carbocycles. The van der Waals surface area contributed by atoms with Crippen LogP contribution in [0.4, 0.5) is 5.82 Å². The lowest BCUT2D eigenvalue weighted by molar-refractivity contribution is -0.139. The predicted octanol–water partition coefficient (Wildman–Crippen LogP) is -0.0470. The summed E-state index contributed by atoms with van der Waals surface area (Å²) in [5.41, 5.74) is 10.7. The van der Waals surface area contributed by atoms with Gasteiger partial charge in [-0.05, 0) is 12.1 Å². The summed E-state index contributed by atoms with van der Waals surface area (Å²) in [4.78, 5) is 29.2. The highest BCUT2D eigenvalue weighted by Crippen LogP contribution is 2.32. The number of guanidine groups is 1. The average molecular weight is 416 g/mol. The molecule has 27 heavy (non-hydrogen) atoms. The molecule has 13 heteroatoms. The van der Waals surface area contributed by atoms with E-state index in [9.17, 15) is 18.0 Å². The van der Waals surface area contributed by atoms with Gasteiger partial charge in [0.15, 0.2) is 11.8 Å². The van der Waals surface area contributed by atoms with E-state index >= 15 is 0 Å². The fourth-order valence-corrected chi connectivity index (χ4v) is 3.80. The third-order valence-electron chi connectivity index (χ3n) is 3.29. The van der Waals surface area contributed by atoms with Crippen molar-refractivity contribution in [3.63, 3.8) is 0 Å². The van der Waals surface area contributed by atoms with E-state index in [-0.39, 0.29) is 27.1 Å². The van der Waals surface area contributed by atoms with Crippen LogP contribution in [0.25, 0.3) is 10.8 Å². The highest BCUT2D eigenvalue weighted by atomic mass is 35.5. The molecule has 0 radical (unpaired) electrons. The second-order valence-corrected chi connectivity index (χ2v) is 7.58. The smallest absolute Gasteiger partial charge is 0.318 e. The van der Waals surface area contributed by atoms with Crippen LogP contribution in [0.2, 0.25) is 5.02 Å². The van der Waals surface area contributed by atoms with Crippen LogP contribution in [0.3, 0.4) is 0 Å². The lowest BCUT2D eigenvalue weighted by Crippen LogP contribution is -2.39. The Balaban J connectivity index is 2.67. The molecule has 11 nitrogen and oxygen atoms in total. The maximum atomic E-state index is 12.7. The zero-order valence-electron chi connectivity index (χ0n) is 13.5. The number of halogens is 1. The monoisotopic (exact) mass is 415 g/mol. The van der Waals surface area contributed by atoms with E-state index in [1.54, 1.807) is 0 Å². The first-order chi connectivity index (χ1) is 12.5. The lowest BCUT2D eigenvalue weighted by Gasteiger charge is -2.18. The standard InChI is InChI=1S/C14H14ClN5O6S/c15-10-4-18-13(19-14(16)17)9-3-7(1-2-8(9)10)27(25,26)20(5-11(21)22)6-12(23)24/h1-4H,5-6H2,(H,21,22)(H,23,24)(H4,16,17,18,19). The molecule has 0 saturated heterocycles. The summed E-state index contributed by atoms with van der Waals surface area (Å²) in [6.07, 6.45) is 1.28. The highest BCUT2D eigenvalue weighted by Gasteiger charge is 2.29. The molecular weight excluding hydrogens is 402 g/mol. The largest absolute Gasteiger partial charge is 0.480 e. The van der Waals surface area contributed by atoms with Gasteiger partial charge in [-0.2, -0.15) is 9.30 Å². The van der Waals surface area contributed by atoms with Crippen molar-refractivity contribution in [2.24, 2.45) is 16.5 Å². The Morgan fingerprint density at radius 3 is 2.26 bits per heavy atom. The number of carbonyl (C=O) groups is 2. The summed E-state index contributed by atoms with van der Waals surface area (Å²) in [5.74, 6) is -3.34. The zero-order valence-corrected chi connectivity index (χ0v) is 15.1. The Morgan fingerprint density at radius 2 is 1.74 bits per heavy atom. The van der Waals surface area contributed by atoms with E-state index < -0.39 is 35.1 Å². The number of fused-ring (bicyclic) bond motifs is 1. The molecule has 0 fully saturated rings. The van der Waals surface area contributed by atoms with Crippen LogP contribution < -0.4 is 11.5 Å². The molecule has 0 atom stereocenters. The number of aromatic nitrogens is 1. The average Bonchev–Trinajstić information content (AvgIpc) is 2.55. The van der Waals surface area contributed by atoms with Gasteiger partial charge >= 0.3 is 11.9 Å². The number of rotatable bonds is 7. The van der Waals surface area contributed by atoms with Gasteiger partial charge in [0, 0.05) is 17.0 Å². The van der Waals surface area contributed by atoms with Crippen molar-refractivity contribution in [1.29, 1.82) is 0 Å². The summed E-state index contributed by atoms with van der Waals surface area (Å²) < 4.78 is 25.8. The van der Waals surface area contributed by atoms with Crippen LogP contribution in [0.15, 0.2) is 34.3 Å². The van der Waals surface area contributed by atoms with Crippen LogP contribution in [-0.2, 0) is 19.6 Å². The molecule has 1 aromatic heterocycles. The van der Waals surface area contributed by atoms with E-state index in [1.807, 2.05) is 0 Å². The topological polar surface area (TPSA) is 189 Å². The van der Waals surface area contributed by atoms with Gasteiger partial charge in [0.25, 0.3) is 0 Å². The molecule has 1 heterocycles. The highest BCUT2D eigenvalue weighted by molar-refractivity contribution is 7.89. The Labute approximate surface area is 157 Å². The normalized spacial score (nSPS) is 11.5. The van der Waals surface area contributed by atoms with Gasteiger partial charge in [0.1, 0.15) is 13.1 Å². The van der Waals surface area contributed by atoms with E-state index in [0.29, 0.717) is 9.69 Å². The Bertz CT molecular complexity index is 1040. The Hall–Kier alpha value is -2.96. The number of pyridine rings is 1. The molecule has 1 aromatic carbocycles. The van der Waals surface area contributed by atoms with Gasteiger partial charge < -0.3 is 21.7 Å². The molecule has 0 aliphatic heterocycles. The van der Waals surface area contributed by atoms with Crippen molar-refractivity contribution in [3.8, 4) is 0 Å². The molecule has 0 aliphatic rings. The minimum Gasteiger partial charge on any atom is -0.480 e. The predicted molar refractivity (Wildman–Crippen MR) is 96.3 cm³/mol. The molecule has 2 aromatic rings. The maximum Gasteiger partial charge on any atom is 0.318 e. The van der Waals surface area contributed by atoms with Crippen LogP contribution in [0.5, 0.6) is 0 Å². The van der Waals surface area contributed by atoms with Crippen molar-refractivity contribution in [1.82, 2.24) is 9.29 Å². The van der Waals surface area contributed by atoms with Gasteiger partial charge in [0.2, 0.25) is 10.0 Å². The third-order valence-corrected chi connectivity index (χ3v) is 5.37. The number of aliphatic carboxylic acids is 2. The van der Waals surface area contributed by atoms with E-state index in [4.69, 9.17) is 33.3 Å². The minimum atomic E-state index is -4.45. The first-order valence-corrected chi connectivity index (χ1v) is 8.96. The number of carboxylic acid groups (broad SMARTS) is 2. The van der Waals surface area contributed by atoms with Gasteiger partial charge in [-0.15, -0.1) is 0 Å². The van der Waals surface area contributed by atoms with Crippen LogP contribution in [-0.4, -0.2) is 58.9 Å². The summed E-state index contributed by atoms with van der Waals surface area (Å²) in [7, 11) is -4.45. The first-order valence-electron chi connectivity index (χ1n) is 7.14. The second-order valence-electron chi connectivity index (χ2n) is 5.23. The van der Waals surface area contributed by atoms with Crippen molar-refractivity contribution < 1.29 is 28.2 Å². The molecule has 6 N–H and O–H groups in total. The van der Waals surface area contributed by atoms with Crippen molar-refractivity contribution in [2.45, 2.75) is 4.90 Å². The number of sulfonamides is 1. The van der Waals surface area contributed by atoms with Crippen molar-refractivity contribution in [3.05, 3.63) is 29.4 Å². The van der Waals surface area contributed by atoms with Gasteiger partial charge in [-0.25, -0.2) is 13.4 Å². The van der Waals surface area contributed by atoms with Crippen LogP contribution in [0, 0.1) is 0 Å². The molecular formula is C14H14ClN5O6S. The van der Waals surface area contributed by atoms with Crippen LogP contribution >= 0.6 is 11.6 Å². The van der Waals surface area contributed by atoms with Gasteiger partial charge in [-0.3, -0.25) is 9.59 Å². The zero-order chi connectivity index (χ0) is 20.4. The SMILES string of the molecule is NC(N)=Nc1ncc(Cl)c2ccc(S(=O)(=O)N(CC(=O)O)CC(=O)O)cc12. The van der Waals surface area contributed by atoms with Crippen molar-refractivity contribution in [2.75, 3.05) is 13.1 Å². The minimum absolute atomic E-state index is 0.00512. The molecule has 0 amide bonds. The number of hydrogen-bond acceptors (Lipinski definition) is 6. The molecule has 0 unspecified atom stereocenters. The number of hydrogen-bond donors (Lipinski definition) is 4. The number of aliphatic imine (C=N–C) groups is 1. The van der Waals surface area contributed by atoms with E-state index in [1.165, 1.54) is 18.3 Å². The maximum absolute atomic E-state index is 12.7. The summed E-state index contributed by atoms with van der Waals surface area (Å²) >= 11 is 6.04.